The molecule has 2 rings (SSSR count). The number of nitriles is 1. The van der Waals surface area contributed by atoms with E-state index < -0.39 is 0 Å². The van der Waals surface area contributed by atoms with Crippen LogP contribution in [0, 0.1) is 11.3 Å². The van der Waals surface area contributed by atoms with Crippen LogP contribution in [0.1, 0.15) is 0 Å². The third kappa shape index (κ3) is 2.61. The van der Waals surface area contributed by atoms with Crippen LogP contribution >= 0.6 is 0 Å². The summed E-state index contributed by atoms with van der Waals surface area (Å²) in [6.07, 6.45) is 0. The van der Waals surface area contributed by atoms with E-state index in [1.807, 2.05) is 30.3 Å². The molecule has 1 aromatic rings. The van der Waals surface area contributed by atoms with Gasteiger partial charge in [0.2, 0.25) is 0 Å². The fourth-order valence-corrected chi connectivity index (χ4v) is 1.35. The van der Waals surface area contributed by atoms with E-state index in [2.05, 4.69) is 5.32 Å². The SMILES string of the molecule is N#CCOc1cccc(NC2COC2)c1. The van der Waals surface area contributed by atoms with Crippen LogP contribution in [0.15, 0.2) is 24.3 Å². The fraction of sp³-hybridized carbons (Fsp3) is 0.364. The first-order chi connectivity index (χ1) is 7.38. The van der Waals surface area contributed by atoms with Gasteiger partial charge in [0.1, 0.15) is 11.8 Å². The molecule has 1 fully saturated rings. The van der Waals surface area contributed by atoms with E-state index in [-0.39, 0.29) is 6.61 Å². The summed E-state index contributed by atoms with van der Waals surface area (Å²) in [5.74, 6) is 0.710. The number of benzene rings is 1. The first-order valence-corrected chi connectivity index (χ1v) is 4.82. The van der Waals surface area contributed by atoms with Crippen molar-refractivity contribution in [1.82, 2.24) is 0 Å². The Morgan fingerprint density at radius 2 is 2.40 bits per heavy atom. The zero-order valence-corrected chi connectivity index (χ0v) is 8.27. The van der Waals surface area contributed by atoms with Crippen LogP contribution < -0.4 is 10.1 Å². The molecule has 0 spiro atoms. The molecule has 15 heavy (non-hydrogen) atoms. The van der Waals surface area contributed by atoms with Crippen molar-refractivity contribution in [2.24, 2.45) is 0 Å². The smallest absolute Gasteiger partial charge is 0.174 e. The Hall–Kier alpha value is -1.73. The summed E-state index contributed by atoms with van der Waals surface area (Å²) in [6, 6.07) is 9.92. The van der Waals surface area contributed by atoms with Crippen LogP contribution in [0.2, 0.25) is 0 Å². The van der Waals surface area contributed by atoms with Crippen LogP contribution in [0.3, 0.4) is 0 Å². The number of anilines is 1. The molecule has 4 heteroatoms. The molecule has 1 aliphatic rings. The number of ether oxygens (including phenoxy) is 2. The third-order valence-corrected chi connectivity index (χ3v) is 2.15. The molecule has 0 aromatic heterocycles. The highest BCUT2D eigenvalue weighted by Gasteiger charge is 2.17. The highest BCUT2D eigenvalue weighted by atomic mass is 16.5. The van der Waals surface area contributed by atoms with Crippen LogP contribution in [0.4, 0.5) is 5.69 Å². The standard InChI is InChI=1S/C11H12N2O2/c12-4-5-15-11-3-1-2-9(6-11)13-10-7-14-8-10/h1-3,6,10,13H,5,7-8H2. The lowest BCUT2D eigenvalue weighted by Gasteiger charge is -2.27. The first kappa shape index (κ1) is 9.81. The van der Waals surface area contributed by atoms with Gasteiger partial charge in [-0.15, -0.1) is 0 Å². The second kappa shape index (κ2) is 4.67. The zero-order valence-electron chi connectivity index (χ0n) is 8.27. The second-order valence-corrected chi connectivity index (χ2v) is 3.35. The van der Waals surface area contributed by atoms with Gasteiger partial charge in [0.25, 0.3) is 0 Å². The van der Waals surface area contributed by atoms with Gasteiger partial charge in [0.05, 0.1) is 19.3 Å². The molecule has 1 aliphatic heterocycles. The van der Waals surface area contributed by atoms with Gasteiger partial charge in [-0.3, -0.25) is 0 Å². The summed E-state index contributed by atoms with van der Waals surface area (Å²) in [4.78, 5) is 0. The Morgan fingerprint density at radius 1 is 1.53 bits per heavy atom. The van der Waals surface area contributed by atoms with Gasteiger partial charge in [-0.05, 0) is 12.1 Å². The molecule has 0 radical (unpaired) electrons. The van der Waals surface area contributed by atoms with Crippen LogP contribution in [-0.2, 0) is 4.74 Å². The summed E-state index contributed by atoms with van der Waals surface area (Å²) < 4.78 is 10.3. The first-order valence-electron chi connectivity index (χ1n) is 4.82. The van der Waals surface area contributed by atoms with Gasteiger partial charge in [-0.2, -0.15) is 5.26 Å². The van der Waals surface area contributed by atoms with Crippen molar-refractivity contribution in [3.63, 3.8) is 0 Å². The van der Waals surface area contributed by atoms with E-state index in [1.165, 1.54) is 0 Å². The number of rotatable bonds is 4. The average Bonchev–Trinajstić information content (AvgIpc) is 2.21. The zero-order chi connectivity index (χ0) is 10.5. The predicted molar refractivity (Wildman–Crippen MR) is 55.8 cm³/mol. The molecular formula is C11H12N2O2. The van der Waals surface area contributed by atoms with Gasteiger partial charge >= 0.3 is 0 Å². The lowest BCUT2D eigenvalue weighted by atomic mass is 10.2. The van der Waals surface area contributed by atoms with Gasteiger partial charge in [0, 0.05) is 11.8 Å². The largest absolute Gasteiger partial charge is 0.479 e. The van der Waals surface area contributed by atoms with Gasteiger partial charge in [0.15, 0.2) is 6.61 Å². The predicted octanol–water partition coefficient (Wildman–Crippen LogP) is 1.40. The van der Waals surface area contributed by atoms with E-state index in [4.69, 9.17) is 14.7 Å². The Balaban J connectivity index is 1.95. The summed E-state index contributed by atoms with van der Waals surface area (Å²) in [6.45, 7) is 1.59. The van der Waals surface area contributed by atoms with Crippen molar-refractivity contribution in [2.45, 2.75) is 6.04 Å². The van der Waals surface area contributed by atoms with E-state index in [1.54, 1.807) is 0 Å². The Labute approximate surface area is 88.4 Å². The van der Waals surface area contributed by atoms with E-state index >= 15 is 0 Å². The Kier molecular flexibility index (Phi) is 3.05. The third-order valence-electron chi connectivity index (χ3n) is 2.15. The van der Waals surface area contributed by atoms with Gasteiger partial charge in [-0.25, -0.2) is 0 Å². The normalized spacial score (nSPS) is 15.1. The molecule has 0 amide bonds. The summed E-state index contributed by atoms with van der Waals surface area (Å²) in [5, 5.41) is 11.7. The number of nitrogens with one attached hydrogen (secondary N) is 1. The molecule has 0 saturated carbocycles. The number of hydrogen-bond acceptors (Lipinski definition) is 4. The second-order valence-electron chi connectivity index (χ2n) is 3.35. The minimum Gasteiger partial charge on any atom is -0.479 e. The Bertz CT molecular complexity index is 369. The molecule has 4 nitrogen and oxygen atoms in total. The highest BCUT2D eigenvalue weighted by Crippen LogP contribution is 2.19. The Morgan fingerprint density at radius 3 is 3.07 bits per heavy atom. The molecule has 0 unspecified atom stereocenters. The molecule has 78 valence electrons. The number of nitrogens with zero attached hydrogens (tertiary/aromatic N) is 1. The monoisotopic (exact) mass is 204 g/mol. The summed E-state index contributed by atoms with van der Waals surface area (Å²) in [7, 11) is 0. The lowest BCUT2D eigenvalue weighted by Crippen LogP contribution is -2.40. The molecule has 0 bridgehead atoms. The molecular weight excluding hydrogens is 192 g/mol. The minimum atomic E-state index is 0.0794. The fourth-order valence-electron chi connectivity index (χ4n) is 1.35. The molecule has 0 aliphatic carbocycles. The van der Waals surface area contributed by atoms with E-state index in [9.17, 15) is 0 Å². The molecule has 1 aromatic carbocycles. The van der Waals surface area contributed by atoms with Crippen LogP contribution in [-0.4, -0.2) is 25.9 Å². The molecule has 0 atom stereocenters. The lowest BCUT2D eigenvalue weighted by molar-refractivity contribution is 0.0211. The van der Waals surface area contributed by atoms with E-state index in [0.717, 1.165) is 18.9 Å². The van der Waals surface area contributed by atoms with Crippen molar-refractivity contribution in [3.8, 4) is 11.8 Å². The maximum Gasteiger partial charge on any atom is 0.174 e. The molecule has 1 saturated heterocycles. The highest BCUT2D eigenvalue weighted by molar-refractivity contribution is 5.49. The molecule has 1 heterocycles. The van der Waals surface area contributed by atoms with Crippen molar-refractivity contribution >= 4 is 5.69 Å². The van der Waals surface area contributed by atoms with Crippen molar-refractivity contribution in [2.75, 3.05) is 25.1 Å². The number of hydrogen-bond donors (Lipinski definition) is 1. The minimum absolute atomic E-state index is 0.0794. The summed E-state index contributed by atoms with van der Waals surface area (Å²) >= 11 is 0. The van der Waals surface area contributed by atoms with Crippen LogP contribution in [0.5, 0.6) is 5.75 Å². The quantitative estimate of drug-likeness (QED) is 0.805. The van der Waals surface area contributed by atoms with Crippen LogP contribution in [0.25, 0.3) is 0 Å². The maximum absolute atomic E-state index is 8.38. The van der Waals surface area contributed by atoms with Crippen molar-refractivity contribution < 1.29 is 9.47 Å². The molecule has 1 N–H and O–H groups in total. The van der Waals surface area contributed by atoms with Gasteiger partial charge in [-0.1, -0.05) is 6.07 Å². The van der Waals surface area contributed by atoms with Gasteiger partial charge < -0.3 is 14.8 Å². The van der Waals surface area contributed by atoms with E-state index in [0.29, 0.717) is 11.8 Å². The summed E-state index contributed by atoms with van der Waals surface area (Å²) in [5.41, 5.74) is 0.999. The van der Waals surface area contributed by atoms with Crippen molar-refractivity contribution in [3.05, 3.63) is 24.3 Å². The average molecular weight is 204 g/mol. The topological polar surface area (TPSA) is 54.3 Å². The maximum atomic E-state index is 8.38. The van der Waals surface area contributed by atoms with Crippen molar-refractivity contribution in [1.29, 1.82) is 5.26 Å².